The minimum absolute atomic E-state index is 0.00705. The van der Waals surface area contributed by atoms with E-state index in [1.54, 1.807) is 25.1 Å². The summed E-state index contributed by atoms with van der Waals surface area (Å²) in [6.45, 7) is 0. The van der Waals surface area contributed by atoms with E-state index in [-0.39, 0.29) is 17.7 Å². The summed E-state index contributed by atoms with van der Waals surface area (Å²) < 4.78 is 0. The Labute approximate surface area is 189 Å². The molecule has 3 aliphatic carbocycles. The molecule has 8 atom stereocenters. The second-order valence-electron chi connectivity index (χ2n) is 9.26. The number of nitrogens with one attached hydrogen (secondary N) is 1. The molecular formula is C22H27N3O8. The third-order valence-electron chi connectivity index (χ3n) is 7.49. The molecule has 8 unspecified atom stereocenters. The number of hydrogen-bond acceptors (Lipinski definition) is 10. The van der Waals surface area contributed by atoms with E-state index in [4.69, 9.17) is 5.73 Å². The lowest BCUT2D eigenvalue weighted by Crippen LogP contribution is -2.78. The molecule has 0 radical (unpaired) electrons. The molecule has 0 saturated heterocycles. The van der Waals surface area contributed by atoms with Gasteiger partial charge < -0.3 is 36.4 Å². The first-order chi connectivity index (χ1) is 15.4. The van der Waals surface area contributed by atoms with Crippen LogP contribution in [-0.4, -0.2) is 88.7 Å². The molecular weight excluding hydrogens is 434 g/mol. The van der Waals surface area contributed by atoms with Gasteiger partial charge in [0.15, 0.2) is 23.0 Å². The van der Waals surface area contributed by atoms with Gasteiger partial charge in [0.05, 0.1) is 23.7 Å². The van der Waals surface area contributed by atoms with Gasteiger partial charge in [-0.25, -0.2) is 0 Å². The summed E-state index contributed by atoms with van der Waals surface area (Å²) >= 11 is 0. The maximum absolute atomic E-state index is 13.6. The highest BCUT2D eigenvalue weighted by molar-refractivity contribution is 6.25. The number of phenolic OH excluding ortho intramolecular Hbond substituents is 1. The van der Waals surface area contributed by atoms with Crippen molar-refractivity contribution in [2.75, 3.05) is 26.0 Å². The highest BCUT2D eigenvalue weighted by Gasteiger charge is 2.71. The van der Waals surface area contributed by atoms with Crippen LogP contribution in [0, 0.1) is 23.7 Å². The van der Waals surface area contributed by atoms with Crippen molar-refractivity contribution in [3.8, 4) is 5.75 Å². The van der Waals surface area contributed by atoms with Gasteiger partial charge in [0, 0.05) is 37.7 Å². The van der Waals surface area contributed by atoms with Gasteiger partial charge in [-0.3, -0.25) is 19.2 Å². The zero-order valence-electron chi connectivity index (χ0n) is 18.3. The largest absolute Gasteiger partial charge is 0.507 e. The number of ketones is 3. The van der Waals surface area contributed by atoms with Crippen LogP contribution in [0.4, 0.5) is 5.69 Å². The third kappa shape index (κ3) is 2.89. The van der Waals surface area contributed by atoms with Gasteiger partial charge in [0.1, 0.15) is 11.7 Å². The molecule has 0 bridgehead atoms. The number of aliphatic hydroxyl groups is 3. The lowest BCUT2D eigenvalue weighted by atomic mass is 9.51. The minimum Gasteiger partial charge on any atom is -0.507 e. The molecule has 0 heterocycles. The van der Waals surface area contributed by atoms with Gasteiger partial charge in [-0.2, -0.15) is 0 Å². The van der Waals surface area contributed by atoms with Crippen molar-refractivity contribution in [1.29, 1.82) is 0 Å². The van der Waals surface area contributed by atoms with Crippen LogP contribution in [0.3, 0.4) is 0 Å². The van der Waals surface area contributed by atoms with Crippen LogP contribution >= 0.6 is 0 Å². The second-order valence-corrected chi connectivity index (χ2v) is 9.26. The number of benzene rings is 1. The zero-order chi connectivity index (χ0) is 24.6. The lowest BCUT2D eigenvalue weighted by Gasteiger charge is -2.55. The van der Waals surface area contributed by atoms with Crippen LogP contribution in [0.1, 0.15) is 15.9 Å². The smallest absolute Gasteiger partial charge is 0.230 e. The number of likely N-dealkylation sites (N-methyl/N-ethyl adjacent to an activating group) is 1. The number of carbonyl (C=O) groups excluding carboxylic acids is 4. The summed E-state index contributed by atoms with van der Waals surface area (Å²) in [6, 6.07) is 1.69. The Morgan fingerprint density at radius 2 is 1.79 bits per heavy atom. The third-order valence-corrected chi connectivity index (χ3v) is 7.49. The molecule has 2 fully saturated rings. The Balaban J connectivity index is 1.91. The first-order valence-electron chi connectivity index (χ1n) is 10.6. The molecule has 1 aromatic carbocycles. The van der Waals surface area contributed by atoms with Gasteiger partial charge in [0.2, 0.25) is 5.91 Å². The number of nitrogens with two attached hydrogens (primary N) is 1. The van der Waals surface area contributed by atoms with Crippen molar-refractivity contribution in [1.82, 2.24) is 5.32 Å². The standard InChI is InChI=1S/C22H27N3O8/c1-24-15-14-16(27)8-6-7-9(25(2)3)4-5-10(26)11(7)17(28)12(8)19(30)22(14,33)20(31)13(18(15)29)21(23)32/h4-5,8,12-16,18,24,26-27,29,33H,6H2,1-3H3,(H2,23,32). The summed E-state index contributed by atoms with van der Waals surface area (Å²) in [6.07, 6.45) is -3.26. The Morgan fingerprint density at radius 1 is 1.15 bits per heavy atom. The fourth-order valence-corrected chi connectivity index (χ4v) is 5.99. The Hall–Kier alpha value is -2.86. The summed E-state index contributed by atoms with van der Waals surface area (Å²) in [5, 5.41) is 46.5. The number of anilines is 1. The minimum atomic E-state index is -2.92. The molecule has 0 aromatic heterocycles. The number of amides is 1. The second kappa shape index (κ2) is 7.59. The monoisotopic (exact) mass is 461 g/mol. The zero-order valence-corrected chi connectivity index (χ0v) is 18.3. The van der Waals surface area contributed by atoms with Crippen molar-refractivity contribution in [3.63, 3.8) is 0 Å². The number of primary amides is 1. The fourth-order valence-electron chi connectivity index (χ4n) is 5.99. The average molecular weight is 461 g/mol. The Morgan fingerprint density at radius 3 is 2.33 bits per heavy atom. The first kappa shape index (κ1) is 23.3. The number of rotatable bonds is 3. The summed E-state index contributed by atoms with van der Waals surface area (Å²) in [7, 11) is 4.86. The highest BCUT2D eigenvalue weighted by Crippen LogP contribution is 2.51. The van der Waals surface area contributed by atoms with Crippen molar-refractivity contribution >= 4 is 28.9 Å². The Kier molecular flexibility index (Phi) is 5.36. The molecule has 33 heavy (non-hydrogen) atoms. The number of fused-ring (bicyclic) bond motifs is 3. The lowest BCUT2D eigenvalue weighted by molar-refractivity contribution is -0.200. The van der Waals surface area contributed by atoms with Crippen molar-refractivity contribution in [2.24, 2.45) is 29.4 Å². The summed E-state index contributed by atoms with van der Waals surface area (Å²) in [5.74, 6) is -11.0. The maximum atomic E-state index is 13.6. The summed E-state index contributed by atoms with van der Waals surface area (Å²) in [4.78, 5) is 53.9. The van der Waals surface area contributed by atoms with Crippen LogP contribution in [-0.2, 0) is 20.8 Å². The van der Waals surface area contributed by atoms with Crippen molar-refractivity contribution in [2.45, 2.75) is 30.3 Å². The predicted molar refractivity (Wildman–Crippen MR) is 113 cm³/mol. The van der Waals surface area contributed by atoms with E-state index in [1.165, 1.54) is 13.1 Å². The SMILES string of the molecule is CNC1C(O)C(C(N)=O)C(=O)C2(O)C(=O)C3C(=O)c4c(O)ccc(N(C)C)c4CC3C(O)C12. The topological polar surface area (TPSA) is 190 Å². The summed E-state index contributed by atoms with van der Waals surface area (Å²) in [5.41, 5.74) is 3.29. The van der Waals surface area contributed by atoms with Crippen molar-refractivity contribution < 1.29 is 39.6 Å². The maximum Gasteiger partial charge on any atom is 0.230 e. The van der Waals surface area contributed by atoms with Gasteiger partial charge >= 0.3 is 0 Å². The van der Waals surface area contributed by atoms with E-state index in [2.05, 4.69) is 5.32 Å². The molecule has 3 aliphatic rings. The molecule has 11 heteroatoms. The Bertz CT molecular complexity index is 1070. The van der Waals surface area contributed by atoms with E-state index in [0.717, 1.165) is 0 Å². The number of phenols is 1. The molecule has 178 valence electrons. The van der Waals surface area contributed by atoms with Crippen LogP contribution in [0.15, 0.2) is 12.1 Å². The molecule has 0 aliphatic heterocycles. The molecule has 1 amide bonds. The highest BCUT2D eigenvalue weighted by atomic mass is 16.3. The number of aromatic hydroxyl groups is 1. The molecule has 1 aromatic rings. The van der Waals surface area contributed by atoms with Gasteiger partial charge in [-0.15, -0.1) is 0 Å². The van der Waals surface area contributed by atoms with Gasteiger partial charge in [-0.1, -0.05) is 0 Å². The van der Waals surface area contributed by atoms with Crippen molar-refractivity contribution in [3.05, 3.63) is 23.3 Å². The molecule has 11 nitrogen and oxygen atoms in total. The molecule has 2 saturated carbocycles. The van der Waals surface area contributed by atoms with E-state index < -0.39 is 70.8 Å². The van der Waals surface area contributed by atoms with E-state index in [0.29, 0.717) is 11.3 Å². The number of hydrogen-bond donors (Lipinski definition) is 6. The molecule has 7 N–H and O–H groups in total. The number of nitrogens with zero attached hydrogens (tertiary/aromatic N) is 1. The first-order valence-corrected chi connectivity index (χ1v) is 10.6. The number of carbonyl (C=O) groups is 4. The van der Waals surface area contributed by atoms with Crippen LogP contribution < -0.4 is 16.0 Å². The van der Waals surface area contributed by atoms with Gasteiger partial charge in [-0.05, 0) is 31.2 Å². The number of Topliss-reactive ketones (excluding diaryl/α,β-unsaturated/α-hetero) is 3. The van der Waals surface area contributed by atoms with Crippen LogP contribution in [0.25, 0.3) is 0 Å². The predicted octanol–water partition coefficient (Wildman–Crippen LogP) is -2.65. The van der Waals surface area contributed by atoms with E-state index in [9.17, 15) is 39.6 Å². The average Bonchev–Trinajstić information content (AvgIpc) is 2.73. The van der Waals surface area contributed by atoms with Crippen LogP contribution in [0.2, 0.25) is 0 Å². The van der Waals surface area contributed by atoms with Crippen LogP contribution in [0.5, 0.6) is 5.75 Å². The molecule has 4 rings (SSSR count). The molecule has 0 spiro atoms. The quantitative estimate of drug-likeness (QED) is 0.259. The van der Waals surface area contributed by atoms with Gasteiger partial charge in [0.25, 0.3) is 0 Å². The fraction of sp³-hybridized carbons (Fsp3) is 0.545. The van der Waals surface area contributed by atoms with E-state index >= 15 is 0 Å². The normalized spacial score (nSPS) is 37.8. The van der Waals surface area contributed by atoms with E-state index in [1.807, 2.05) is 0 Å². The number of aliphatic hydroxyl groups excluding tert-OH is 2.